The predicted molar refractivity (Wildman–Crippen MR) is 89.8 cm³/mol. The van der Waals surface area contributed by atoms with Crippen molar-refractivity contribution in [1.29, 1.82) is 0 Å². The molecule has 6 heteroatoms. The second kappa shape index (κ2) is 7.08. The normalized spacial score (nSPS) is 12.4. The molecule has 0 spiro atoms. The molecule has 112 valence electrons. The average molecular weight is 365 g/mol. The van der Waals surface area contributed by atoms with Crippen molar-refractivity contribution in [3.63, 3.8) is 0 Å². The molecule has 0 aliphatic rings. The Bertz CT molecular complexity index is 660. The maximum absolute atomic E-state index is 9.92. The maximum atomic E-state index is 9.92. The van der Waals surface area contributed by atoms with E-state index >= 15 is 0 Å². The molecule has 0 aliphatic carbocycles. The summed E-state index contributed by atoms with van der Waals surface area (Å²) in [6, 6.07) is 8.51. The van der Waals surface area contributed by atoms with Gasteiger partial charge in [0.05, 0.1) is 5.02 Å². The van der Waals surface area contributed by atoms with Crippen molar-refractivity contribution in [2.24, 2.45) is 0 Å². The van der Waals surface area contributed by atoms with Gasteiger partial charge in [-0.15, -0.1) is 0 Å². The fourth-order valence-electron chi connectivity index (χ4n) is 1.98. The first-order chi connectivity index (χ1) is 9.88. The van der Waals surface area contributed by atoms with Gasteiger partial charge in [0.25, 0.3) is 0 Å². The van der Waals surface area contributed by atoms with E-state index in [1.807, 2.05) is 13.0 Å². The molecule has 0 bridgehead atoms. The van der Waals surface area contributed by atoms with Crippen molar-refractivity contribution < 1.29 is 5.11 Å². The summed E-state index contributed by atoms with van der Waals surface area (Å²) in [5.74, 6) is 0.0305. The van der Waals surface area contributed by atoms with Gasteiger partial charge in [0.2, 0.25) is 0 Å². The van der Waals surface area contributed by atoms with E-state index in [4.69, 9.17) is 46.4 Å². The summed E-state index contributed by atoms with van der Waals surface area (Å²) in [5.41, 5.74) is 1.55. The van der Waals surface area contributed by atoms with Crippen molar-refractivity contribution in [2.75, 3.05) is 0 Å². The van der Waals surface area contributed by atoms with Crippen LogP contribution >= 0.6 is 46.4 Å². The molecule has 2 rings (SSSR count). The average Bonchev–Trinajstić information content (AvgIpc) is 2.40. The van der Waals surface area contributed by atoms with Crippen molar-refractivity contribution in [3.8, 4) is 5.75 Å². The Morgan fingerprint density at radius 3 is 2.33 bits per heavy atom. The lowest BCUT2D eigenvalue weighted by molar-refractivity contribution is 0.460. The van der Waals surface area contributed by atoms with E-state index in [2.05, 4.69) is 5.32 Å². The minimum Gasteiger partial charge on any atom is -0.506 e. The molecule has 0 radical (unpaired) electrons. The highest BCUT2D eigenvalue weighted by Crippen LogP contribution is 2.32. The molecule has 0 saturated carbocycles. The Morgan fingerprint density at radius 1 is 1.00 bits per heavy atom. The highest BCUT2D eigenvalue weighted by atomic mass is 35.5. The van der Waals surface area contributed by atoms with Crippen LogP contribution in [0.3, 0.4) is 0 Å². The molecular weight excluding hydrogens is 352 g/mol. The van der Waals surface area contributed by atoms with Crippen molar-refractivity contribution in [1.82, 2.24) is 5.32 Å². The van der Waals surface area contributed by atoms with Crippen LogP contribution in [0.2, 0.25) is 20.1 Å². The number of benzene rings is 2. The molecule has 0 saturated heterocycles. The number of rotatable bonds is 4. The minimum absolute atomic E-state index is 0.0214. The molecule has 2 aromatic rings. The van der Waals surface area contributed by atoms with Crippen molar-refractivity contribution >= 4 is 46.4 Å². The second-order valence-corrected chi connectivity index (χ2v) is 6.35. The van der Waals surface area contributed by atoms with Crippen LogP contribution in [0.1, 0.15) is 24.1 Å². The van der Waals surface area contributed by atoms with E-state index in [0.29, 0.717) is 27.2 Å². The van der Waals surface area contributed by atoms with Gasteiger partial charge in [0.15, 0.2) is 0 Å². The number of hydrogen-bond donors (Lipinski definition) is 2. The number of nitrogens with one attached hydrogen (secondary N) is 1. The lowest BCUT2D eigenvalue weighted by Gasteiger charge is -2.17. The van der Waals surface area contributed by atoms with E-state index in [-0.39, 0.29) is 16.8 Å². The zero-order chi connectivity index (χ0) is 15.6. The number of phenols is 1. The third-order valence-electron chi connectivity index (χ3n) is 3.13. The summed E-state index contributed by atoms with van der Waals surface area (Å²) >= 11 is 23.9. The molecular formula is C15H13Cl4NO. The summed E-state index contributed by atoms with van der Waals surface area (Å²) in [6.45, 7) is 2.38. The first-order valence-electron chi connectivity index (χ1n) is 6.23. The topological polar surface area (TPSA) is 32.3 Å². The number of aromatic hydroxyl groups is 1. The standard InChI is InChI=1S/C15H13Cl4NO/c1-8(12-3-2-10(16)5-13(12)18)20-7-9-4-11(17)6-14(19)15(9)21/h2-6,8,20-21H,7H2,1H3. The summed E-state index contributed by atoms with van der Waals surface area (Å²) in [7, 11) is 0. The van der Waals surface area contributed by atoms with Gasteiger partial charge in [0, 0.05) is 33.2 Å². The smallest absolute Gasteiger partial charge is 0.138 e. The van der Waals surface area contributed by atoms with Crippen LogP contribution < -0.4 is 5.32 Å². The molecule has 2 nitrogen and oxygen atoms in total. The zero-order valence-corrected chi connectivity index (χ0v) is 14.2. The van der Waals surface area contributed by atoms with Gasteiger partial charge in [-0.1, -0.05) is 52.5 Å². The zero-order valence-electron chi connectivity index (χ0n) is 11.1. The Morgan fingerprint density at radius 2 is 1.67 bits per heavy atom. The van der Waals surface area contributed by atoms with Crippen LogP contribution in [0.25, 0.3) is 0 Å². The molecule has 0 aliphatic heterocycles. The van der Waals surface area contributed by atoms with E-state index in [0.717, 1.165) is 5.56 Å². The molecule has 1 unspecified atom stereocenters. The summed E-state index contributed by atoms with van der Waals surface area (Å²) in [5, 5.41) is 15.1. The van der Waals surface area contributed by atoms with Gasteiger partial charge in [-0.3, -0.25) is 0 Å². The SMILES string of the molecule is CC(NCc1cc(Cl)cc(Cl)c1O)c1ccc(Cl)cc1Cl. The summed E-state index contributed by atoms with van der Waals surface area (Å²) in [6.07, 6.45) is 0. The van der Waals surface area contributed by atoms with Crippen LogP contribution in [-0.4, -0.2) is 5.11 Å². The van der Waals surface area contributed by atoms with Gasteiger partial charge in [0.1, 0.15) is 5.75 Å². The molecule has 0 heterocycles. The van der Waals surface area contributed by atoms with Gasteiger partial charge in [-0.05, 0) is 36.8 Å². The highest BCUT2D eigenvalue weighted by molar-refractivity contribution is 6.36. The Labute approximate surface area is 143 Å². The second-order valence-electron chi connectivity index (χ2n) is 4.66. The molecule has 0 amide bonds. The van der Waals surface area contributed by atoms with Gasteiger partial charge >= 0.3 is 0 Å². The molecule has 2 N–H and O–H groups in total. The van der Waals surface area contributed by atoms with Crippen LogP contribution in [0.15, 0.2) is 30.3 Å². The molecule has 0 fully saturated rings. The maximum Gasteiger partial charge on any atom is 0.138 e. The Balaban J connectivity index is 2.12. The lowest BCUT2D eigenvalue weighted by atomic mass is 10.1. The van der Waals surface area contributed by atoms with Crippen LogP contribution in [0, 0.1) is 0 Å². The Kier molecular flexibility index (Phi) is 5.64. The quantitative estimate of drug-likeness (QED) is 0.712. The number of hydrogen-bond acceptors (Lipinski definition) is 2. The monoisotopic (exact) mass is 363 g/mol. The lowest BCUT2D eigenvalue weighted by Crippen LogP contribution is -2.18. The third-order valence-corrected chi connectivity index (χ3v) is 4.20. The molecule has 21 heavy (non-hydrogen) atoms. The van der Waals surface area contributed by atoms with Crippen LogP contribution in [0.5, 0.6) is 5.75 Å². The first kappa shape index (κ1) is 16.7. The highest BCUT2D eigenvalue weighted by Gasteiger charge is 2.12. The summed E-state index contributed by atoms with van der Waals surface area (Å²) in [4.78, 5) is 0. The fourth-order valence-corrected chi connectivity index (χ4v) is 3.09. The van der Waals surface area contributed by atoms with Crippen LogP contribution in [0.4, 0.5) is 0 Å². The van der Waals surface area contributed by atoms with E-state index in [1.165, 1.54) is 6.07 Å². The van der Waals surface area contributed by atoms with Crippen LogP contribution in [-0.2, 0) is 6.54 Å². The largest absolute Gasteiger partial charge is 0.506 e. The van der Waals surface area contributed by atoms with Gasteiger partial charge in [-0.2, -0.15) is 0 Å². The number of halogens is 4. The Hall–Kier alpha value is -0.640. The molecule has 1 atom stereocenters. The van der Waals surface area contributed by atoms with E-state index < -0.39 is 0 Å². The molecule has 0 aromatic heterocycles. The first-order valence-corrected chi connectivity index (χ1v) is 7.75. The van der Waals surface area contributed by atoms with Gasteiger partial charge in [-0.25, -0.2) is 0 Å². The number of phenolic OH excluding ortho intramolecular Hbond substituents is 1. The van der Waals surface area contributed by atoms with Gasteiger partial charge < -0.3 is 10.4 Å². The van der Waals surface area contributed by atoms with E-state index in [9.17, 15) is 5.11 Å². The fraction of sp³-hybridized carbons (Fsp3) is 0.200. The van der Waals surface area contributed by atoms with E-state index in [1.54, 1.807) is 18.2 Å². The van der Waals surface area contributed by atoms with Crippen molar-refractivity contribution in [2.45, 2.75) is 19.5 Å². The third kappa shape index (κ3) is 4.18. The minimum atomic E-state index is -0.0214. The predicted octanol–water partition coefficient (Wildman–Crippen LogP) is 5.86. The summed E-state index contributed by atoms with van der Waals surface area (Å²) < 4.78 is 0. The van der Waals surface area contributed by atoms with Crippen molar-refractivity contribution in [3.05, 3.63) is 61.5 Å². The molecule has 2 aromatic carbocycles.